The Morgan fingerprint density at radius 1 is 0.861 bits per heavy atom. The Hall–Kier alpha value is -3.07. The first-order valence-corrected chi connectivity index (χ1v) is 12.5. The van der Waals surface area contributed by atoms with Crippen molar-refractivity contribution in [2.75, 3.05) is 0 Å². The van der Waals surface area contributed by atoms with Crippen LogP contribution >= 0.6 is 0 Å². The van der Waals surface area contributed by atoms with Crippen LogP contribution in [-0.2, 0) is 0 Å². The minimum atomic E-state index is -5.19. The van der Waals surface area contributed by atoms with E-state index in [2.05, 4.69) is 35.6 Å². The van der Waals surface area contributed by atoms with E-state index < -0.39 is 23.7 Å². The molecule has 0 spiro atoms. The number of hydrogen-bond acceptors (Lipinski definition) is 1. The summed E-state index contributed by atoms with van der Waals surface area (Å²) in [5, 5.41) is -0.0717. The lowest BCUT2D eigenvalue weighted by atomic mass is 9.77. The molecule has 3 aromatic carbocycles. The molecular weight excluding hydrogens is 471 g/mol. The summed E-state index contributed by atoms with van der Waals surface area (Å²) in [6, 6.07) is 13.2. The van der Waals surface area contributed by atoms with Gasteiger partial charge >= 0.3 is 6.36 Å². The van der Waals surface area contributed by atoms with Gasteiger partial charge < -0.3 is 4.74 Å². The van der Waals surface area contributed by atoms with E-state index in [-0.39, 0.29) is 10.8 Å². The van der Waals surface area contributed by atoms with Gasteiger partial charge in [0.1, 0.15) is 0 Å². The molecule has 0 radical (unpaired) electrons. The summed E-state index contributed by atoms with van der Waals surface area (Å²) < 4.78 is 69.4. The molecule has 0 aliphatic heterocycles. The number of ether oxygens (including phenoxy) is 1. The summed E-state index contributed by atoms with van der Waals surface area (Å²) in [5.41, 5.74) is 2.65. The SMILES string of the molecule is CCCCC[C@H]1CC[C@H](c2ccc(C#Cc3ccc4c(F)c(OC(F)(F)F)c(F)cc4c3)cc2)CC1. The molecule has 1 fully saturated rings. The molecule has 0 saturated heterocycles. The van der Waals surface area contributed by atoms with Crippen molar-refractivity contribution in [3.8, 4) is 17.6 Å². The summed E-state index contributed by atoms with van der Waals surface area (Å²) in [7, 11) is 0. The Bertz CT molecular complexity index is 1240. The molecule has 1 aliphatic rings. The fourth-order valence-corrected chi connectivity index (χ4v) is 5.05. The lowest BCUT2D eigenvalue weighted by molar-refractivity contribution is -0.276. The predicted molar refractivity (Wildman–Crippen MR) is 132 cm³/mol. The van der Waals surface area contributed by atoms with Crippen molar-refractivity contribution in [1.82, 2.24) is 0 Å². The first-order valence-electron chi connectivity index (χ1n) is 12.5. The second-order valence-corrected chi connectivity index (χ2v) is 9.57. The third-order valence-corrected chi connectivity index (χ3v) is 7.00. The molecule has 36 heavy (non-hydrogen) atoms. The van der Waals surface area contributed by atoms with Crippen molar-refractivity contribution < 1.29 is 26.7 Å². The van der Waals surface area contributed by atoms with Crippen LogP contribution in [0.25, 0.3) is 10.8 Å². The van der Waals surface area contributed by atoms with Gasteiger partial charge in [0, 0.05) is 16.5 Å². The molecule has 0 amide bonds. The number of rotatable bonds is 6. The van der Waals surface area contributed by atoms with E-state index in [9.17, 15) is 22.0 Å². The van der Waals surface area contributed by atoms with Crippen LogP contribution in [0.4, 0.5) is 22.0 Å². The lowest BCUT2D eigenvalue weighted by Crippen LogP contribution is -2.19. The van der Waals surface area contributed by atoms with Crippen molar-refractivity contribution in [1.29, 1.82) is 0 Å². The number of alkyl halides is 3. The Morgan fingerprint density at radius 3 is 2.19 bits per heavy atom. The van der Waals surface area contributed by atoms with Crippen LogP contribution in [0.5, 0.6) is 5.75 Å². The van der Waals surface area contributed by atoms with Gasteiger partial charge in [-0.1, -0.05) is 62.6 Å². The number of halogens is 5. The maximum absolute atomic E-state index is 14.4. The van der Waals surface area contributed by atoms with Gasteiger partial charge in [0.25, 0.3) is 0 Å². The number of fused-ring (bicyclic) bond motifs is 1. The predicted octanol–water partition coefficient (Wildman–Crippen LogP) is 9.27. The summed E-state index contributed by atoms with van der Waals surface area (Å²) in [4.78, 5) is 0. The molecule has 0 heterocycles. The van der Waals surface area contributed by atoms with Crippen LogP contribution in [0.15, 0.2) is 48.5 Å². The minimum Gasteiger partial charge on any atom is -0.399 e. The maximum atomic E-state index is 14.4. The number of hydrogen-bond donors (Lipinski definition) is 0. The zero-order valence-corrected chi connectivity index (χ0v) is 20.2. The molecule has 4 rings (SSSR count). The summed E-state index contributed by atoms with van der Waals surface area (Å²) in [6.45, 7) is 2.24. The zero-order chi connectivity index (χ0) is 25.7. The topological polar surface area (TPSA) is 9.23 Å². The van der Waals surface area contributed by atoms with Gasteiger partial charge in [-0.2, -0.15) is 0 Å². The highest BCUT2D eigenvalue weighted by atomic mass is 19.4. The van der Waals surface area contributed by atoms with E-state index in [1.54, 1.807) is 0 Å². The Kier molecular flexibility index (Phi) is 8.18. The van der Waals surface area contributed by atoms with E-state index in [4.69, 9.17) is 0 Å². The van der Waals surface area contributed by atoms with Crippen LogP contribution in [-0.4, -0.2) is 6.36 Å². The van der Waals surface area contributed by atoms with Crippen molar-refractivity contribution in [3.63, 3.8) is 0 Å². The van der Waals surface area contributed by atoms with E-state index in [1.807, 2.05) is 12.1 Å². The molecule has 0 atom stereocenters. The highest BCUT2D eigenvalue weighted by molar-refractivity contribution is 5.86. The summed E-state index contributed by atoms with van der Waals surface area (Å²) in [6.07, 6.45) is 5.14. The molecule has 1 saturated carbocycles. The molecule has 3 aromatic rings. The van der Waals surface area contributed by atoms with Crippen LogP contribution in [0, 0.1) is 29.4 Å². The Balaban J connectivity index is 1.42. The first kappa shape index (κ1) is 26.0. The summed E-state index contributed by atoms with van der Waals surface area (Å²) in [5.74, 6) is 3.20. The second-order valence-electron chi connectivity index (χ2n) is 9.57. The van der Waals surface area contributed by atoms with Crippen molar-refractivity contribution >= 4 is 10.8 Å². The molecule has 1 aliphatic carbocycles. The van der Waals surface area contributed by atoms with Crippen LogP contribution in [0.3, 0.4) is 0 Å². The van der Waals surface area contributed by atoms with Gasteiger partial charge in [-0.3, -0.25) is 0 Å². The smallest absolute Gasteiger partial charge is 0.399 e. The van der Waals surface area contributed by atoms with Gasteiger partial charge in [-0.25, -0.2) is 8.78 Å². The Morgan fingerprint density at radius 2 is 1.53 bits per heavy atom. The summed E-state index contributed by atoms with van der Waals surface area (Å²) >= 11 is 0. The molecule has 0 bridgehead atoms. The second kappa shape index (κ2) is 11.3. The third-order valence-electron chi connectivity index (χ3n) is 7.00. The lowest BCUT2D eigenvalue weighted by Gasteiger charge is -2.29. The van der Waals surface area contributed by atoms with E-state index in [1.165, 1.54) is 75.1 Å². The average molecular weight is 501 g/mol. The van der Waals surface area contributed by atoms with Crippen LogP contribution < -0.4 is 4.74 Å². The molecule has 0 N–H and O–H groups in total. The molecule has 190 valence electrons. The number of unbranched alkanes of at least 4 members (excludes halogenated alkanes) is 2. The van der Waals surface area contributed by atoms with Crippen molar-refractivity contribution in [2.24, 2.45) is 5.92 Å². The quantitative estimate of drug-likeness (QED) is 0.186. The Labute approximate surface area is 208 Å². The maximum Gasteiger partial charge on any atom is 0.573 e. The van der Waals surface area contributed by atoms with E-state index in [0.717, 1.165) is 17.5 Å². The minimum absolute atomic E-state index is 0.104. The monoisotopic (exact) mass is 500 g/mol. The van der Waals surface area contributed by atoms with Crippen LogP contribution in [0.2, 0.25) is 0 Å². The van der Waals surface area contributed by atoms with E-state index >= 15 is 0 Å². The third kappa shape index (κ3) is 6.57. The van der Waals surface area contributed by atoms with Gasteiger partial charge in [-0.15, -0.1) is 13.2 Å². The average Bonchev–Trinajstić information content (AvgIpc) is 2.85. The fourth-order valence-electron chi connectivity index (χ4n) is 5.05. The highest BCUT2D eigenvalue weighted by Crippen LogP contribution is 2.38. The van der Waals surface area contributed by atoms with Gasteiger partial charge in [0.2, 0.25) is 5.75 Å². The molecule has 1 nitrogen and oxygen atoms in total. The van der Waals surface area contributed by atoms with Gasteiger partial charge in [0.15, 0.2) is 11.6 Å². The highest BCUT2D eigenvalue weighted by Gasteiger charge is 2.34. The normalized spacial score (nSPS) is 18.1. The number of benzene rings is 3. The van der Waals surface area contributed by atoms with Crippen molar-refractivity contribution in [2.45, 2.75) is 70.6 Å². The molecular formula is C30H29F5O. The van der Waals surface area contributed by atoms with Crippen molar-refractivity contribution in [3.05, 3.63) is 76.9 Å². The first-order chi connectivity index (χ1) is 17.2. The zero-order valence-electron chi connectivity index (χ0n) is 20.2. The standard InChI is InChI=1S/C30H29F5O/c1-2-3-4-5-20-8-13-23(14-9-20)24-15-10-21(11-16-24)6-7-22-12-17-26-25(18-22)19-27(31)29(28(26)32)36-30(33,34)35/h10-12,15-20,23H,2-5,8-9,13-14H2,1H3/t20-,23-. The van der Waals surface area contributed by atoms with Gasteiger partial charge in [-0.05, 0) is 78.8 Å². The molecule has 0 unspecified atom stereocenters. The molecule has 0 aromatic heterocycles. The molecule has 6 heteroatoms. The van der Waals surface area contributed by atoms with Gasteiger partial charge in [0.05, 0.1) is 0 Å². The largest absolute Gasteiger partial charge is 0.573 e. The fraction of sp³-hybridized carbons (Fsp3) is 0.400. The van der Waals surface area contributed by atoms with E-state index in [0.29, 0.717) is 11.5 Å². The van der Waals surface area contributed by atoms with Crippen LogP contribution in [0.1, 0.15) is 80.9 Å².